The molecule has 0 heterocycles. The van der Waals surface area contributed by atoms with Crippen molar-refractivity contribution in [2.75, 3.05) is 5.32 Å². The van der Waals surface area contributed by atoms with Gasteiger partial charge in [0.05, 0.1) is 0 Å². The molecule has 0 saturated heterocycles. The minimum atomic E-state index is -0.520. The lowest BCUT2D eigenvalue weighted by Gasteiger charge is -2.20. The molecule has 0 radical (unpaired) electrons. The van der Waals surface area contributed by atoms with Crippen molar-refractivity contribution in [1.82, 2.24) is 5.32 Å². The molecule has 1 saturated carbocycles. The van der Waals surface area contributed by atoms with Gasteiger partial charge in [0.15, 0.2) is 0 Å². The van der Waals surface area contributed by atoms with Crippen LogP contribution in [-0.2, 0) is 4.79 Å². The molecule has 0 aliphatic heterocycles. The van der Waals surface area contributed by atoms with E-state index in [2.05, 4.69) is 10.6 Å². The molecule has 0 bridgehead atoms. The largest absolute Gasteiger partial charge is 0.370 e. The number of carbonyl (C=O) groups excluding carboxylic acids is 1. The van der Waals surface area contributed by atoms with Crippen LogP contribution in [0.5, 0.6) is 0 Å². The van der Waals surface area contributed by atoms with Crippen molar-refractivity contribution < 1.29 is 9.18 Å². The van der Waals surface area contributed by atoms with Crippen LogP contribution in [-0.4, -0.2) is 11.9 Å². The summed E-state index contributed by atoms with van der Waals surface area (Å²) in [5.74, 6) is -0.382. The van der Waals surface area contributed by atoms with E-state index in [4.69, 9.17) is 0 Å². The summed E-state index contributed by atoms with van der Waals surface area (Å²) in [6.07, 6.45) is 2.07. The molecule has 2 N–H and O–H groups in total. The third-order valence-electron chi connectivity index (χ3n) is 3.47. The van der Waals surface area contributed by atoms with Crippen LogP contribution >= 0.6 is 0 Å². The van der Waals surface area contributed by atoms with Crippen molar-refractivity contribution in [1.29, 1.82) is 0 Å². The minimum Gasteiger partial charge on any atom is -0.370 e. The molecule has 2 aromatic rings. The lowest BCUT2D eigenvalue weighted by atomic mass is 10.1. The second kappa shape index (κ2) is 5.95. The first kappa shape index (κ1) is 13.6. The third-order valence-corrected chi connectivity index (χ3v) is 3.47. The van der Waals surface area contributed by atoms with Crippen molar-refractivity contribution >= 4 is 11.6 Å². The molecule has 1 atom stereocenters. The average molecular weight is 284 g/mol. The van der Waals surface area contributed by atoms with Crippen LogP contribution in [0, 0.1) is 5.82 Å². The standard InChI is InChI=1S/C17H17FN2O/c18-13-8-6-12(7-9-13)16(17(21)20-15-10-11-15)19-14-4-2-1-3-5-14/h1-9,15-16,19H,10-11H2,(H,20,21)/t16-/m1/s1. The van der Waals surface area contributed by atoms with Gasteiger partial charge in [0.2, 0.25) is 5.91 Å². The molecule has 1 aliphatic rings. The normalized spacial score (nSPS) is 15.3. The highest BCUT2D eigenvalue weighted by molar-refractivity contribution is 5.86. The Hall–Kier alpha value is -2.36. The minimum absolute atomic E-state index is 0.0760. The highest BCUT2D eigenvalue weighted by Crippen LogP contribution is 2.24. The summed E-state index contributed by atoms with van der Waals surface area (Å²) in [5, 5.41) is 6.21. The lowest BCUT2D eigenvalue weighted by Crippen LogP contribution is -2.34. The predicted octanol–water partition coefficient (Wildman–Crippen LogP) is 3.26. The highest BCUT2D eigenvalue weighted by atomic mass is 19.1. The van der Waals surface area contributed by atoms with Crippen LogP contribution < -0.4 is 10.6 Å². The summed E-state index contributed by atoms with van der Waals surface area (Å²) in [6.45, 7) is 0. The van der Waals surface area contributed by atoms with Crippen molar-refractivity contribution in [3.63, 3.8) is 0 Å². The Morgan fingerprint density at radius 3 is 2.33 bits per heavy atom. The van der Waals surface area contributed by atoms with Crippen molar-refractivity contribution in [2.24, 2.45) is 0 Å². The Labute approximate surface area is 123 Å². The number of amides is 1. The Bertz CT molecular complexity index is 608. The molecule has 0 aromatic heterocycles. The number of para-hydroxylation sites is 1. The quantitative estimate of drug-likeness (QED) is 0.885. The molecule has 21 heavy (non-hydrogen) atoms. The molecule has 108 valence electrons. The number of hydrogen-bond donors (Lipinski definition) is 2. The molecule has 2 aromatic carbocycles. The zero-order valence-corrected chi connectivity index (χ0v) is 11.6. The van der Waals surface area contributed by atoms with E-state index in [9.17, 15) is 9.18 Å². The zero-order chi connectivity index (χ0) is 14.7. The molecule has 0 spiro atoms. The van der Waals surface area contributed by atoms with Crippen molar-refractivity contribution in [3.8, 4) is 0 Å². The number of benzene rings is 2. The van der Waals surface area contributed by atoms with E-state index in [-0.39, 0.29) is 17.8 Å². The zero-order valence-electron chi connectivity index (χ0n) is 11.6. The van der Waals surface area contributed by atoms with Crippen LogP contribution in [0.1, 0.15) is 24.4 Å². The lowest BCUT2D eigenvalue weighted by molar-refractivity contribution is -0.122. The molecular weight excluding hydrogens is 267 g/mol. The van der Waals surface area contributed by atoms with Gasteiger partial charge in [-0.25, -0.2) is 4.39 Å². The van der Waals surface area contributed by atoms with Crippen LogP contribution in [0.15, 0.2) is 54.6 Å². The molecule has 1 fully saturated rings. The fourth-order valence-electron chi connectivity index (χ4n) is 2.17. The van der Waals surface area contributed by atoms with Gasteiger partial charge >= 0.3 is 0 Å². The first-order valence-corrected chi connectivity index (χ1v) is 7.10. The van der Waals surface area contributed by atoms with Crippen LogP contribution in [0.4, 0.5) is 10.1 Å². The van der Waals surface area contributed by atoms with Gasteiger partial charge in [-0.2, -0.15) is 0 Å². The van der Waals surface area contributed by atoms with Crippen LogP contribution in [0.3, 0.4) is 0 Å². The Morgan fingerprint density at radius 1 is 1.05 bits per heavy atom. The Kier molecular flexibility index (Phi) is 3.86. The van der Waals surface area contributed by atoms with Gasteiger partial charge in [-0.1, -0.05) is 30.3 Å². The number of carbonyl (C=O) groups is 1. The van der Waals surface area contributed by atoms with E-state index in [1.807, 2.05) is 30.3 Å². The SMILES string of the molecule is O=C(NC1CC1)[C@H](Nc1ccccc1)c1ccc(F)cc1. The van der Waals surface area contributed by atoms with Crippen LogP contribution in [0.25, 0.3) is 0 Å². The molecule has 1 amide bonds. The number of nitrogens with one attached hydrogen (secondary N) is 2. The fraction of sp³-hybridized carbons (Fsp3) is 0.235. The van der Waals surface area contributed by atoms with Crippen molar-refractivity contribution in [3.05, 3.63) is 66.0 Å². The molecule has 3 rings (SSSR count). The summed E-state index contributed by atoms with van der Waals surface area (Å²) in [4.78, 5) is 12.4. The first-order valence-electron chi connectivity index (χ1n) is 7.10. The topological polar surface area (TPSA) is 41.1 Å². The first-order chi connectivity index (χ1) is 10.2. The number of halogens is 1. The number of anilines is 1. The second-order valence-electron chi connectivity index (χ2n) is 5.28. The van der Waals surface area contributed by atoms with Gasteiger partial charge in [-0.3, -0.25) is 4.79 Å². The molecule has 0 unspecified atom stereocenters. The summed E-state index contributed by atoms with van der Waals surface area (Å²) < 4.78 is 13.1. The monoisotopic (exact) mass is 284 g/mol. The van der Waals surface area contributed by atoms with Gasteiger partial charge in [0, 0.05) is 11.7 Å². The van der Waals surface area contributed by atoms with E-state index < -0.39 is 6.04 Å². The molecule has 3 nitrogen and oxygen atoms in total. The van der Waals surface area contributed by atoms with Gasteiger partial charge in [-0.15, -0.1) is 0 Å². The van der Waals surface area contributed by atoms with E-state index in [1.165, 1.54) is 12.1 Å². The smallest absolute Gasteiger partial charge is 0.247 e. The summed E-state index contributed by atoms with van der Waals surface area (Å²) in [7, 11) is 0. The summed E-state index contributed by atoms with van der Waals surface area (Å²) in [5.41, 5.74) is 1.61. The average Bonchev–Trinajstić information content (AvgIpc) is 3.31. The highest BCUT2D eigenvalue weighted by Gasteiger charge is 2.28. The molecular formula is C17H17FN2O. The third kappa shape index (κ3) is 3.60. The van der Waals surface area contributed by atoms with E-state index in [1.54, 1.807) is 12.1 Å². The van der Waals surface area contributed by atoms with Crippen molar-refractivity contribution in [2.45, 2.75) is 24.9 Å². The number of rotatable bonds is 5. The maximum atomic E-state index is 13.1. The fourth-order valence-corrected chi connectivity index (χ4v) is 2.17. The van der Waals surface area contributed by atoms with Gasteiger partial charge in [-0.05, 0) is 42.7 Å². The maximum absolute atomic E-state index is 13.1. The van der Waals surface area contributed by atoms with Gasteiger partial charge in [0.25, 0.3) is 0 Å². The maximum Gasteiger partial charge on any atom is 0.247 e. The predicted molar refractivity (Wildman–Crippen MR) is 80.4 cm³/mol. The number of hydrogen-bond acceptors (Lipinski definition) is 2. The summed E-state index contributed by atoms with van der Waals surface area (Å²) in [6, 6.07) is 15.3. The van der Waals surface area contributed by atoms with E-state index in [0.29, 0.717) is 0 Å². The molecule has 4 heteroatoms. The molecule has 1 aliphatic carbocycles. The van der Waals surface area contributed by atoms with Gasteiger partial charge in [0.1, 0.15) is 11.9 Å². The Morgan fingerprint density at radius 2 is 1.71 bits per heavy atom. The Balaban J connectivity index is 1.82. The van der Waals surface area contributed by atoms with Gasteiger partial charge < -0.3 is 10.6 Å². The summed E-state index contributed by atoms with van der Waals surface area (Å²) >= 11 is 0. The van der Waals surface area contributed by atoms with Crippen LogP contribution in [0.2, 0.25) is 0 Å². The van der Waals surface area contributed by atoms with E-state index in [0.717, 1.165) is 24.1 Å². The second-order valence-corrected chi connectivity index (χ2v) is 5.28. The van der Waals surface area contributed by atoms with E-state index >= 15 is 0 Å².